The highest BCUT2D eigenvalue weighted by atomic mass is 32.1. The summed E-state index contributed by atoms with van der Waals surface area (Å²) in [6.45, 7) is 4.18. The number of hydrogen-bond donors (Lipinski definition) is 0. The number of amides is 1. The van der Waals surface area contributed by atoms with Crippen molar-refractivity contribution in [2.45, 2.75) is 6.54 Å². The normalized spacial score (nSPS) is 11.6. The van der Waals surface area contributed by atoms with E-state index < -0.39 is 5.91 Å². The van der Waals surface area contributed by atoms with Crippen LogP contribution in [0.4, 0.5) is 4.39 Å². The second-order valence-electron chi connectivity index (χ2n) is 5.35. The van der Waals surface area contributed by atoms with Gasteiger partial charge in [0.05, 0.1) is 24.4 Å². The molecule has 134 valence electrons. The van der Waals surface area contributed by atoms with E-state index in [0.717, 1.165) is 5.52 Å². The van der Waals surface area contributed by atoms with Gasteiger partial charge in [0.2, 0.25) is 0 Å². The summed E-state index contributed by atoms with van der Waals surface area (Å²) in [7, 11) is 2.96. The Morgan fingerprint density at radius 3 is 2.58 bits per heavy atom. The van der Waals surface area contributed by atoms with Crippen LogP contribution in [-0.4, -0.2) is 24.7 Å². The first-order valence-corrected chi connectivity index (χ1v) is 8.60. The zero-order chi connectivity index (χ0) is 18.7. The van der Waals surface area contributed by atoms with E-state index in [9.17, 15) is 9.18 Å². The molecule has 0 bridgehead atoms. The van der Waals surface area contributed by atoms with Crippen LogP contribution in [0.3, 0.4) is 0 Å². The highest BCUT2D eigenvalue weighted by Gasteiger charge is 2.18. The number of thiazole rings is 1. The Hall–Kier alpha value is -2.93. The van der Waals surface area contributed by atoms with Crippen molar-refractivity contribution in [3.05, 3.63) is 65.2 Å². The SMILES string of the molecule is C=CCn1c(=NC(=O)c2c(OC)cccc2OC)sc2cc(F)ccc21. The van der Waals surface area contributed by atoms with Crippen molar-refractivity contribution >= 4 is 27.5 Å². The van der Waals surface area contributed by atoms with Crippen molar-refractivity contribution in [3.63, 3.8) is 0 Å². The summed E-state index contributed by atoms with van der Waals surface area (Å²) >= 11 is 1.23. The van der Waals surface area contributed by atoms with E-state index in [-0.39, 0.29) is 11.4 Å². The molecule has 0 atom stereocenters. The lowest BCUT2D eigenvalue weighted by atomic mass is 10.1. The third-order valence-corrected chi connectivity index (χ3v) is 4.84. The standard InChI is InChI=1S/C19H17FN2O3S/c1-4-10-22-13-9-8-12(20)11-16(13)26-19(22)21-18(23)17-14(24-2)6-5-7-15(17)25-3/h4-9,11H,1,10H2,2-3H3. The van der Waals surface area contributed by atoms with Gasteiger partial charge in [0.1, 0.15) is 22.9 Å². The van der Waals surface area contributed by atoms with Crippen molar-refractivity contribution in [2.75, 3.05) is 14.2 Å². The number of aromatic nitrogens is 1. The van der Waals surface area contributed by atoms with Gasteiger partial charge in [-0.1, -0.05) is 23.5 Å². The Morgan fingerprint density at radius 2 is 1.96 bits per heavy atom. The zero-order valence-electron chi connectivity index (χ0n) is 14.4. The van der Waals surface area contributed by atoms with Gasteiger partial charge in [-0.15, -0.1) is 6.58 Å². The summed E-state index contributed by atoms with van der Waals surface area (Å²) in [6.07, 6.45) is 1.70. The van der Waals surface area contributed by atoms with Gasteiger partial charge in [0, 0.05) is 6.54 Å². The minimum absolute atomic E-state index is 0.242. The summed E-state index contributed by atoms with van der Waals surface area (Å²) in [4.78, 5) is 17.5. The fourth-order valence-corrected chi connectivity index (χ4v) is 3.71. The lowest BCUT2D eigenvalue weighted by Crippen LogP contribution is -2.16. The average Bonchev–Trinajstić information content (AvgIpc) is 2.97. The Bertz CT molecular complexity index is 1030. The molecule has 0 aliphatic heterocycles. The van der Waals surface area contributed by atoms with Gasteiger partial charge >= 0.3 is 0 Å². The number of methoxy groups -OCH3 is 2. The highest BCUT2D eigenvalue weighted by molar-refractivity contribution is 7.16. The lowest BCUT2D eigenvalue weighted by molar-refractivity contribution is 0.0992. The summed E-state index contributed by atoms with van der Waals surface area (Å²) in [5.74, 6) is -0.0843. The fraction of sp³-hybridized carbons (Fsp3) is 0.158. The zero-order valence-corrected chi connectivity index (χ0v) is 15.2. The Morgan fingerprint density at radius 1 is 1.27 bits per heavy atom. The molecule has 5 nitrogen and oxygen atoms in total. The number of halogens is 1. The monoisotopic (exact) mass is 372 g/mol. The summed E-state index contributed by atoms with van der Waals surface area (Å²) in [5, 5.41) is 0. The Labute approximate surface area is 153 Å². The molecule has 0 saturated heterocycles. The van der Waals surface area contributed by atoms with Crippen molar-refractivity contribution in [1.29, 1.82) is 0 Å². The molecule has 1 heterocycles. The minimum atomic E-state index is -0.496. The van der Waals surface area contributed by atoms with Gasteiger partial charge < -0.3 is 14.0 Å². The second-order valence-corrected chi connectivity index (χ2v) is 6.36. The minimum Gasteiger partial charge on any atom is -0.496 e. The van der Waals surface area contributed by atoms with Crippen LogP contribution in [0.15, 0.2) is 54.0 Å². The first kappa shape index (κ1) is 17.9. The van der Waals surface area contributed by atoms with Crippen molar-refractivity contribution in [2.24, 2.45) is 4.99 Å². The maximum atomic E-state index is 13.5. The van der Waals surface area contributed by atoms with Crippen LogP contribution >= 0.6 is 11.3 Å². The molecule has 1 amide bonds. The molecule has 0 radical (unpaired) electrons. The number of benzene rings is 2. The number of nitrogens with zero attached hydrogens (tertiary/aromatic N) is 2. The molecule has 0 N–H and O–H groups in total. The molecule has 0 aliphatic carbocycles. The second kappa shape index (κ2) is 7.53. The maximum absolute atomic E-state index is 13.5. The third-order valence-electron chi connectivity index (χ3n) is 3.80. The van der Waals surface area contributed by atoms with Crippen LogP contribution in [0.2, 0.25) is 0 Å². The molecule has 2 aromatic carbocycles. The molecular formula is C19H17FN2O3S. The predicted molar refractivity (Wildman–Crippen MR) is 99.4 cm³/mol. The number of carbonyl (C=O) groups excluding carboxylic acids is 1. The fourth-order valence-electron chi connectivity index (χ4n) is 2.64. The molecular weight excluding hydrogens is 355 g/mol. The van der Waals surface area contributed by atoms with Crippen molar-refractivity contribution in [1.82, 2.24) is 4.57 Å². The molecule has 0 unspecified atom stereocenters. The smallest absolute Gasteiger partial charge is 0.287 e. The van der Waals surface area contributed by atoms with Gasteiger partial charge in [-0.3, -0.25) is 4.79 Å². The molecule has 26 heavy (non-hydrogen) atoms. The van der Waals surface area contributed by atoms with E-state index in [1.54, 1.807) is 30.3 Å². The summed E-state index contributed by atoms with van der Waals surface area (Å²) in [6, 6.07) is 9.54. The van der Waals surface area contributed by atoms with E-state index in [1.807, 2.05) is 4.57 Å². The van der Waals surface area contributed by atoms with Gasteiger partial charge in [-0.25, -0.2) is 4.39 Å². The molecule has 7 heteroatoms. The van der Waals surface area contributed by atoms with Crippen LogP contribution in [0, 0.1) is 5.82 Å². The van der Waals surface area contributed by atoms with Crippen LogP contribution < -0.4 is 14.3 Å². The van der Waals surface area contributed by atoms with E-state index in [4.69, 9.17) is 9.47 Å². The van der Waals surface area contributed by atoms with E-state index in [2.05, 4.69) is 11.6 Å². The van der Waals surface area contributed by atoms with E-state index in [1.165, 1.54) is 37.7 Å². The third kappa shape index (κ3) is 3.25. The van der Waals surface area contributed by atoms with E-state index in [0.29, 0.717) is 27.5 Å². The number of carbonyl (C=O) groups is 1. The van der Waals surface area contributed by atoms with Gasteiger partial charge in [-0.05, 0) is 30.3 Å². The van der Waals surface area contributed by atoms with Crippen LogP contribution in [0.1, 0.15) is 10.4 Å². The Balaban J connectivity index is 2.20. The first-order valence-electron chi connectivity index (χ1n) is 7.79. The topological polar surface area (TPSA) is 52.8 Å². The molecule has 0 spiro atoms. The van der Waals surface area contributed by atoms with Gasteiger partial charge in [0.25, 0.3) is 5.91 Å². The average molecular weight is 372 g/mol. The van der Waals surface area contributed by atoms with Crippen molar-refractivity contribution in [3.8, 4) is 11.5 Å². The van der Waals surface area contributed by atoms with E-state index >= 15 is 0 Å². The maximum Gasteiger partial charge on any atom is 0.287 e. The van der Waals surface area contributed by atoms with Crippen LogP contribution in [0.25, 0.3) is 10.2 Å². The highest BCUT2D eigenvalue weighted by Crippen LogP contribution is 2.29. The predicted octanol–water partition coefficient (Wildman–Crippen LogP) is 3.79. The Kier molecular flexibility index (Phi) is 5.18. The molecule has 0 fully saturated rings. The van der Waals surface area contributed by atoms with Crippen LogP contribution in [0.5, 0.6) is 11.5 Å². The quantitative estimate of drug-likeness (QED) is 0.641. The number of ether oxygens (including phenoxy) is 2. The number of hydrogen-bond acceptors (Lipinski definition) is 4. The molecule has 3 aromatic rings. The molecule has 1 aromatic heterocycles. The first-order chi connectivity index (χ1) is 12.6. The number of fused-ring (bicyclic) bond motifs is 1. The number of rotatable bonds is 5. The summed E-state index contributed by atoms with van der Waals surface area (Å²) < 4.78 is 26.6. The lowest BCUT2D eigenvalue weighted by Gasteiger charge is -2.09. The molecule has 0 saturated carbocycles. The van der Waals surface area contributed by atoms with Crippen LogP contribution in [-0.2, 0) is 6.54 Å². The van der Waals surface area contributed by atoms with Crippen molar-refractivity contribution < 1.29 is 18.7 Å². The van der Waals surface area contributed by atoms with Gasteiger partial charge in [-0.2, -0.15) is 4.99 Å². The molecule has 0 aliphatic rings. The summed E-state index contributed by atoms with van der Waals surface area (Å²) in [5.41, 5.74) is 1.03. The molecule has 3 rings (SSSR count). The number of allylic oxidation sites excluding steroid dienone is 1. The largest absolute Gasteiger partial charge is 0.496 e. The van der Waals surface area contributed by atoms with Gasteiger partial charge in [0.15, 0.2) is 4.80 Å².